The van der Waals surface area contributed by atoms with Crippen molar-refractivity contribution in [1.82, 2.24) is 0 Å². The second-order valence-electron chi connectivity index (χ2n) is 6.08. The zero-order chi connectivity index (χ0) is 14.8. The highest BCUT2D eigenvalue weighted by Gasteiger charge is 2.45. The van der Waals surface area contributed by atoms with E-state index < -0.39 is 0 Å². The maximum Gasteiger partial charge on any atom is 0.157 e. The molecular weight excluding hydrogens is 268 g/mol. The van der Waals surface area contributed by atoms with E-state index in [4.69, 9.17) is 0 Å². The van der Waals surface area contributed by atoms with Gasteiger partial charge in [-0.1, -0.05) is 0 Å². The molecule has 2 aromatic carbocycles. The van der Waals surface area contributed by atoms with Crippen LogP contribution in [0.15, 0.2) is 24.3 Å². The highest BCUT2D eigenvalue weighted by molar-refractivity contribution is 5.60. The lowest BCUT2D eigenvalue weighted by Crippen LogP contribution is -2.20. The summed E-state index contributed by atoms with van der Waals surface area (Å²) in [5.41, 5.74) is 3.93. The smallest absolute Gasteiger partial charge is 0.157 e. The Bertz CT molecular complexity index is 698. The minimum atomic E-state index is -0.221. The van der Waals surface area contributed by atoms with Gasteiger partial charge in [-0.05, 0) is 72.2 Å². The van der Waals surface area contributed by atoms with Crippen molar-refractivity contribution in [3.8, 4) is 23.0 Å². The summed E-state index contributed by atoms with van der Waals surface area (Å²) in [5, 5.41) is 39.0. The van der Waals surface area contributed by atoms with Crippen LogP contribution in [-0.2, 0) is 18.3 Å². The molecule has 108 valence electrons. The molecule has 4 N–H and O–H groups in total. The van der Waals surface area contributed by atoms with E-state index in [-0.39, 0.29) is 28.4 Å². The molecule has 0 aliphatic heterocycles. The summed E-state index contributed by atoms with van der Waals surface area (Å²) < 4.78 is 0. The van der Waals surface area contributed by atoms with Crippen LogP contribution in [0.3, 0.4) is 0 Å². The summed E-state index contributed by atoms with van der Waals surface area (Å²) in [5.74, 6) is -0.381. The molecule has 0 unspecified atom stereocenters. The topological polar surface area (TPSA) is 80.9 Å². The fourth-order valence-corrected chi connectivity index (χ4v) is 4.05. The number of fused-ring (bicyclic) bond motifs is 4. The van der Waals surface area contributed by atoms with Gasteiger partial charge in [-0.25, -0.2) is 0 Å². The lowest BCUT2D eigenvalue weighted by molar-refractivity contribution is 0.400. The quantitative estimate of drug-likeness (QED) is 0.561. The monoisotopic (exact) mass is 284 g/mol. The third-order valence-corrected chi connectivity index (χ3v) is 5.07. The zero-order valence-electron chi connectivity index (χ0n) is 11.4. The van der Waals surface area contributed by atoms with Crippen molar-refractivity contribution in [1.29, 1.82) is 0 Å². The maximum absolute atomic E-state index is 9.83. The highest BCUT2D eigenvalue weighted by Crippen LogP contribution is 2.55. The number of hydrogen-bond acceptors (Lipinski definition) is 4. The van der Waals surface area contributed by atoms with Gasteiger partial charge in [0.05, 0.1) is 0 Å². The first kappa shape index (κ1) is 12.4. The van der Waals surface area contributed by atoms with E-state index in [0.29, 0.717) is 0 Å². The van der Waals surface area contributed by atoms with Gasteiger partial charge in [0.2, 0.25) is 0 Å². The molecule has 4 rings (SSSR count). The van der Waals surface area contributed by atoms with Gasteiger partial charge in [0.15, 0.2) is 23.0 Å². The van der Waals surface area contributed by atoms with Crippen LogP contribution in [0.2, 0.25) is 0 Å². The van der Waals surface area contributed by atoms with Crippen molar-refractivity contribution < 1.29 is 20.4 Å². The standard InChI is InChI=1S/C17H16O4/c18-13-5-9-1-3-17(11(9)7-15(13)20)4-2-10-6-14(19)16(21)8-12(10)17/h5-8,18-21H,1-4H2. The van der Waals surface area contributed by atoms with Crippen molar-refractivity contribution in [2.45, 2.75) is 31.1 Å². The predicted molar refractivity (Wildman–Crippen MR) is 77.0 cm³/mol. The van der Waals surface area contributed by atoms with Crippen LogP contribution in [0.4, 0.5) is 0 Å². The van der Waals surface area contributed by atoms with E-state index in [1.165, 1.54) is 0 Å². The number of aromatic hydroxyl groups is 4. The normalized spacial score (nSPS) is 17.9. The lowest BCUT2D eigenvalue weighted by Gasteiger charge is -2.27. The SMILES string of the molecule is Oc1cc2c(cc1O)C1(CC2)CCc2cc(O)c(O)cc21. The molecule has 0 fully saturated rings. The highest BCUT2D eigenvalue weighted by atomic mass is 16.3. The molecule has 0 saturated carbocycles. The number of phenolic OH excluding ortho intramolecular Hbond substituents is 4. The van der Waals surface area contributed by atoms with E-state index in [9.17, 15) is 20.4 Å². The van der Waals surface area contributed by atoms with E-state index in [2.05, 4.69) is 0 Å². The van der Waals surface area contributed by atoms with Gasteiger partial charge in [0, 0.05) is 5.41 Å². The summed E-state index contributed by atoms with van der Waals surface area (Å²) in [4.78, 5) is 0. The number of aryl methyl sites for hydroxylation is 2. The van der Waals surface area contributed by atoms with E-state index in [1.807, 2.05) is 0 Å². The molecule has 21 heavy (non-hydrogen) atoms. The Morgan fingerprint density at radius 2 is 1.00 bits per heavy atom. The first-order chi connectivity index (χ1) is 10.0. The van der Waals surface area contributed by atoms with Gasteiger partial charge in [-0.3, -0.25) is 0 Å². The van der Waals surface area contributed by atoms with Crippen LogP contribution in [0, 0.1) is 0 Å². The van der Waals surface area contributed by atoms with Crippen LogP contribution in [0.5, 0.6) is 23.0 Å². The summed E-state index contributed by atoms with van der Waals surface area (Å²) in [6, 6.07) is 6.57. The first-order valence-electron chi connectivity index (χ1n) is 7.12. The molecule has 0 radical (unpaired) electrons. The first-order valence-corrected chi connectivity index (χ1v) is 7.12. The van der Waals surface area contributed by atoms with E-state index >= 15 is 0 Å². The Hall–Kier alpha value is -2.36. The second-order valence-corrected chi connectivity index (χ2v) is 6.08. The third-order valence-electron chi connectivity index (χ3n) is 5.07. The average Bonchev–Trinajstić information content (AvgIpc) is 2.96. The van der Waals surface area contributed by atoms with Crippen molar-refractivity contribution in [2.24, 2.45) is 0 Å². The second kappa shape index (κ2) is 3.85. The van der Waals surface area contributed by atoms with Crippen LogP contribution in [0.25, 0.3) is 0 Å². The number of rotatable bonds is 0. The van der Waals surface area contributed by atoms with Crippen LogP contribution in [0.1, 0.15) is 35.1 Å². The van der Waals surface area contributed by atoms with Gasteiger partial charge < -0.3 is 20.4 Å². The molecule has 0 amide bonds. The zero-order valence-corrected chi connectivity index (χ0v) is 11.4. The largest absolute Gasteiger partial charge is 0.504 e. The molecule has 0 bridgehead atoms. The molecular formula is C17H16O4. The van der Waals surface area contributed by atoms with Crippen LogP contribution >= 0.6 is 0 Å². The Morgan fingerprint density at radius 1 is 0.619 bits per heavy atom. The van der Waals surface area contributed by atoms with Crippen molar-refractivity contribution >= 4 is 0 Å². The summed E-state index contributed by atoms with van der Waals surface area (Å²) in [6.07, 6.45) is 3.46. The molecule has 1 spiro atoms. The van der Waals surface area contributed by atoms with Crippen molar-refractivity contribution in [2.75, 3.05) is 0 Å². The summed E-state index contributed by atoms with van der Waals surface area (Å²) in [6.45, 7) is 0. The average molecular weight is 284 g/mol. The molecule has 2 aliphatic rings. The molecule has 0 heterocycles. The number of phenols is 4. The Balaban J connectivity index is 1.95. The van der Waals surface area contributed by atoms with Gasteiger partial charge in [-0.15, -0.1) is 0 Å². The molecule has 2 aromatic rings. The van der Waals surface area contributed by atoms with Crippen LogP contribution < -0.4 is 0 Å². The fraction of sp³-hybridized carbons (Fsp3) is 0.294. The van der Waals surface area contributed by atoms with E-state index in [1.54, 1.807) is 24.3 Å². The minimum absolute atomic E-state index is 0.0856. The molecule has 0 atom stereocenters. The summed E-state index contributed by atoms with van der Waals surface area (Å²) in [7, 11) is 0. The van der Waals surface area contributed by atoms with E-state index in [0.717, 1.165) is 47.9 Å². The Kier molecular flexibility index (Phi) is 2.27. The Morgan fingerprint density at radius 3 is 1.43 bits per heavy atom. The molecule has 4 nitrogen and oxygen atoms in total. The maximum atomic E-state index is 9.83. The number of hydrogen-bond donors (Lipinski definition) is 4. The third kappa shape index (κ3) is 1.50. The molecule has 2 aliphatic carbocycles. The minimum Gasteiger partial charge on any atom is -0.504 e. The van der Waals surface area contributed by atoms with Gasteiger partial charge in [-0.2, -0.15) is 0 Å². The number of benzene rings is 2. The van der Waals surface area contributed by atoms with Gasteiger partial charge in [0.25, 0.3) is 0 Å². The predicted octanol–water partition coefficient (Wildman–Crippen LogP) is 2.69. The molecule has 0 aromatic heterocycles. The lowest BCUT2D eigenvalue weighted by atomic mass is 9.76. The fourth-order valence-electron chi connectivity index (χ4n) is 4.05. The van der Waals surface area contributed by atoms with Gasteiger partial charge in [0.1, 0.15) is 0 Å². The van der Waals surface area contributed by atoms with Crippen LogP contribution in [-0.4, -0.2) is 20.4 Å². The molecule has 4 heteroatoms. The summed E-state index contributed by atoms with van der Waals surface area (Å²) >= 11 is 0. The molecule has 0 saturated heterocycles. The van der Waals surface area contributed by atoms with Crippen molar-refractivity contribution in [3.63, 3.8) is 0 Å². The van der Waals surface area contributed by atoms with Crippen molar-refractivity contribution in [3.05, 3.63) is 46.5 Å². The Labute approximate surface area is 121 Å². The van der Waals surface area contributed by atoms with Gasteiger partial charge >= 0.3 is 0 Å².